The van der Waals surface area contributed by atoms with Crippen molar-refractivity contribution in [1.29, 1.82) is 0 Å². The Kier molecular flexibility index (Phi) is 9.29. The average molecular weight is 449 g/mol. The number of ketones is 1. The second-order valence-electron chi connectivity index (χ2n) is 6.17. The van der Waals surface area contributed by atoms with E-state index in [4.69, 9.17) is 5.73 Å². The molecule has 2 heterocycles. The molecule has 154 valence electrons. The van der Waals surface area contributed by atoms with E-state index in [0.29, 0.717) is 56.1 Å². The molecule has 0 radical (unpaired) electrons. The summed E-state index contributed by atoms with van der Waals surface area (Å²) in [5, 5.41) is 2.63. The minimum absolute atomic E-state index is 0. The number of Topliss-reactive ketones (excluding diaryl/α,β-unsaturated/α-hetero) is 1. The molecular weight excluding hydrogens is 426 g/mol. The van der Waals surface area contributed by atoms with E-state index >= 15 is 0 Å². The number of rotatable bonds is 5. The standard InChI is InChI=1S/C18H21FN4O2S.2ClH/c1-12(24)13-2-3-16(14(19)10-13)22-6-8-23(9-7-22)18(25)15-11-26-17(21-15)4-5-20;;/h2-3,10-11H,4-9,20H2,1H3;2*1H. The van der Waals surface area contributed by atoms with Gasteiger partial charge in [0.25, 0.3) is 5.91 Å². The third-order valence-corrected chi connectivity index (χ3v) is 5.30. The van der Waals surface area contributed by atoms with Gasteiger partial charge in [-0.05, 0) is 31.7 Å². The molecule has 6 nitrogen and oxygen atoms in total. The van der Waals surface area contributed by atoms with Gasteiger partial charge >= 0.3 is 0 Å². The van der Waals surface area contributed by atoms with Gasteiger partial charge in [-0.25, -0.2) is 9.37 Å². The van der Waals surface area contributed by atoms with Crippen molar-refractivity contribution in [2.75, 3.05) is 37.6 Å². The average Bonchev–Trinajstić information content (AvgIpc) is 3.10. The number of piperazine rings is 1. The normalized spacial score (nSPS) is 13.5. The Labute approximate surface area is 179 Å². The summed E-state index contributed by atoms with van der Waals surface area (Å²) in [5.41, 5.74) is 6.78. The Morgan fingerprint density at radius 2 is 1.89 bits per heavy atom. The van der Waals surface area contributed by atoms with E-state index in [1.54, 1.807) is 22.4 Å². The molecule has 10 heteroatoms. The maximum Gasteiger partial charge on any atom is 0.273 e. The van der Waals surface area contributed by atoms with Crippen molar-refractivity contribution in [2.24, 2.45) is 5.73 Å². The Balaban J connectivity index is 0.00000196. The van der Waals surface area contributed by atoms with E-state index in [1.807, 2.05) is 4.90 Å². The highest BCUT2D eigenvalue weighted by atomic mass is 35.5. The lowest BCUT2D eigenvalue weighted by atomic mass is 10.1. The Morgan fingerprint density at radius 1 is 1.21 bits per heavy atom. The molecule has 0 atom stereocenters. The van der Waals surface area contributed by atoms with Crippen LogP contribution >= 0.6 is 36.2 Å². The van der Waals surface area contributed by atoms with Crippen molar-refractivity contribution < 1.29 is 14.0 Å². The van der Waals surface area contributed by atoms with Crippen LogP contribution < -0.4 is 10.6 Å². The fourth-order valence-corrected chi connectivity index (χ4v) is 3.73. The zero-order valence-electron chi connectivity index (χ0n) is 15.4. The van der Waals surface area contributed by atoms with Gasteiger partial charge in [0.05, 0.1) is 10.7 Å². The van der Waals surface area contributed by atoms with Crippen LogP contribution in [-0.2, 0) is 6.42 Å². The summed E-state index contributed by atoms with van der Waals surface area (Å²) in [6.45, 7) is 3.97. The third-order valence-electron chi connectivity index (χ3n) is 4.39. The lowest BCUT2D eigenvalue weighted by Crippen LogP contribution is -2.49. The number of benzene rings is 1. The third kappa shape index (κ3) is 5.41. The fraction of sp³-hybridized carbons (Fsp3) is 0.389. The first-order valence-corrected chi connectivity index (χ1v) is 9.36. The summed E-state index contributed by atoms with van der Waals surface area (Å²) >= 11 is 1.44. The number of amides is 1. The monoisotopic (exact) mass is 448 g/mol. The number of hydrogen-bond acceptors (Lipinski definition) is 6. The van der Waals surface area contributed by atoms with Crippen molar-refractivity contribution in [3.8, 4) is 0 Å². The lowest BCUT2D eigenvalue weighted by Gasteiger charge is -2.36. The van der Waals surface area contributed by atoms with Crippen molar-refractivity contribution in [1.82, 2.24) is 9.88 Å². The molecule has 28 heavy (non-hydrogen) atoms. The van der Waals surface area contributed by atoms with Crippen molar-refractivity contribution in [3.63, 3.8) is 0 Å². The molecule has 3 rings (SSSR count). The zero-order chi connectivity index (χ0) is 18.7. The number of halogens is 3. The van der Waals surface area contributed by atoms with Gasteiger partial charge in [0, 0.05) is 43.5 Å². The first-order chi connectivity index (χ1) is 12.5. The molecule has 2 aromatic rings. The maximum absolute atomic E-state index is 14.3. The number of hydrogen-bond donors (Lipinski definition) is 1. The van der Waals surface area contributed by atoms with Gasteiger partial charge in [0.15, 0.2) is 5.78 Å². The highest BCUT2D eigenvalue weighted by molar-refractivity contribution is 7.09. The lowest BCUT2D eigenvalue weighted by molar-refractivity contribution is 0.0741. The van der Waals surface area contributed by atoms with E-state index in [9.17, 15) is 14.0 Å². The van der Waals surface area contributed by atoms with Crippen LogP contribution in [0.1, 0.15) is 32.8 Å². The molecule has 1 aliphatic heterocycles. The summed E-state index contributed by atoms with van der Waals surface area (Å²) in [6, 6.07) is 4.53. The van der Waals surface area contributed by atoms with Crippen LogP contribution in [0.15, 0.2) is 23.6 Å². The zero-order valence-corrected chi connectivity index (χ0v) is 17.8. The summed E-state index contributed by atoms with van der Waals surface area (Å²) in [5.74, 6) is -0.678. The first-order valence-electron chi connectivity index (χ1n) is 8.48. The molecular formula is C18H23Cl2FN4O2S. The molecule has 1 fully saturated rings. The molecule has 0 aliphatic carbocycles. The Morgan fingerprint density at radius 3 is 2.46 bits per heavy atom. The predicted octanol–water partition coefficient (Wildman–Crippen LogP) is 2.79. The van der Waals surface area contributed by atoms with Crippen LogP contribution in [-0.4, -0.2) is 54.3 Å². The van der Waals surface area contributed by atoms with Crippen LogP contribution in [0.2, 0.25) is 0 Å². The smallest absolute Gasteiger partial charge is 0.273 e. The number of aromatic nitrogens is 1. The topological polar surface area (TPSA) is 79.5 Å². The van der Waals surface area contributed by atoms with Crippen LogP contribution in [0.3, 0.4) is 0 Å². The molecule has 2 N–H and O–H groups in total. The molecule has 1 amide bonds. The van der Waals surface area contributed by atoms with Gasteiger partial charge in [-0.3, -0.25) is 9.59 Å². The predicted molar refractivity (Wildman–Crippen MR) is 114 cm³/mol. The molecule has 0 bridgehead atoms. The molecule has 1 aromatic carbocycles. The summed E-state index contributed by atoms with van der Waals surface area (Å²) < 4.78 is 14.3. The number of carbonyl (C=O) groups is 2. The van der Waals surface area contributed by atoms with E-state index in [1.165, 1.54) is 24.3 Å². The second kappa shape index (κ2) is 10.7. The SMILES string of the molecule is CC(=O)c1ccc(N2CCN(C(=O)c3csc(CCN)n3)CC2)c(F)c1.Cl.Cl. The minimum Gasteiger partial charge on any atom is -0.366 e. The number of thiazole rings is 1. The van der Waals surface area contributed by atoms with Crippen LogP contribution in [0.4, 0.5) is 10.1 Å². The van der Waals surface area contributed by atoms with E-state index in [2.05, 4.69) is 4.98 Å². The maximum atomic E-state index is 14.3. The van der Waals surface area contributed by atoms with Gasteiger partial charge in [-0.15, -0.1) is 36.2 Å². The molecule has 0 unspecified atom stereocenters. The van der Waals surface area contributed by atoms with E-state index in [0.717, 1.165) is 5.01 Å². The van der Waals surface area contributed by atoms with Crippen molar-refractivity contribution in [3.05, 3.63) is 45.7 Å². The summed E-state index contributed by atoms with van der Waals surface area (Å²) in [7, 11) is 0. The van der Waals surface area contributed by atoms with Gasteiger partial charge in [0.1, 0.15) is 11.5 Å². The summed E-state index contributed by atoms with van der Waals surface area (Å²) in [4.78, 5) is 31.9. The minimum atomic E-state index is -0.414. The molecule has 0 saturated carbocycles. The summed E-state index contributed by atoms with van der Waals surface area (Å²) in [6.07, 6.45) is 0.668. The highest BCUT2D eigenvalue weighted by Crippen LogP contribution is 2.23. The Bertz CT molecular complexity index is 826. The van der Waals surface area contributed by atoms with E-state index < -0.39 is 5.82 Å². The molecule has 1 saturated heterocycles. The van der Waals surface area contributed by atoms with E-state index in [-0.39, 0.29) is 36.5 Å². The number of nitrogens with two attached hydrogens (primary N) is 1. The highest BCUT2D eigenvalue weighted by Gasteiger charge is 2.25. The molecule has 1 aromatic heterocycles. The van der Waals surface area contributed by atoms with Crippen LogP contribution in [0.5, 0.6) is 0 Å². The quantitative estimate of drug-likeness (QED) is 0.711. The Hall–Kier alpha value is -1.74. The first kappa shape index (κ1) is 24.3. The fourth-order valence-electron chi connectivity index (χ4n) is 2.94. The molecule has 0 spiro atoms. The van der Waals surface area contributed by atoms with Gasteiger partial charge in [0.2, 0.25) is 0 Å². The van der Waals surface area contributed by atoms with Gasteiger partial charge in [-0.1, -0.05) is 0 Å². The number of carbonyl (C=O) groups excluding carboxylic acids is 2. The van der Waals surface area contributed by atoms with Crippen LogP contribution in [0, 0.1) is 5.82 Å². The van der Waals surface area contributed by atoms with Crippen molar-refractivity contribution in [2.45, 2.75) is 13.3 Å². The second-order valence-corrected chi connectivity index (χ2v) is 7.11. The van der Waals surface area contributed by atoms with Gasteiger partial charge < -0.3 is 15.5 Å². The number of anilines is 1. The van der Waals surface area contributed by atoms with Crippen LogP contribution in [0.25, 0.3) is 0 Å². The largest absolute Gasteiger partial charge is 0.366 e. The van der Waals surface area contributed by atoms with Gasteiger partial charge in [-0.2, -0.15) is 0 Å². The van der Waals surface area contributed by atoms with Crippen molar-refractivity contribution >= 4 is 53.5 Å². The number of nitrogens with zero attached hydrogens (tertiary/aromatic N) is 3. The molecule has 1 aliphatic rings.